The maximum absolute atomic E-state index is 11.8. The third-order valence-corrected chi connectivity index (χ3v) is 3.05. The number of rotatable bonds is 6. The molecule has 0 heterocycles. The van der Waals surface area contributed by atoms with Gasteiger partial charge in [0.05, 0.1) is 13.7 Å². The van der Waals surface area contributed by atoms with E-state index < -0.39 is 6.04 Å². The average Bonchev–Trinajstić information content (AvgIpc) is 2.45. The highest BCUT2D eigenvalue weighted by Gasteiger charge is 2.18. The summed E-state index contributed by atoms with van der Waals surface area (Å²) < 4.78 is 5.29. The number of methoxy groups -OCH3 is 1. The number of amides is 1. The Bertz CT molecular complexity index is 435. The molecule has 0 aromatic heterocycles. The number of likely N-dealkylation sites (N-methyl/N-ethyl adjacent to an activating group) is 1. The maximum Gasteiger partial charge on any atom is 0.241 e. The molecular formula is C14H22N2O3. The first-order valence-corrected chi connectivity index (χ1v) is 6.30. The quantitative estimate of drug-likeness (QED) is 0.788. The maximum atomic E-state index is 11.8. The van der Waals surface area contributed by atoms with E-state index >= 15 is 0 Å². The zero-order valence-electron chi connectivity index (χ0n) is 11.7. The summed E-state index contributed by atoms with van der Waals surface area (Å²) in [4.78, 5) is 13.3. The predicted molar refractivity (Wildman–Crippen MR) is 73.9 cm³/mol. The van der Waals surface area contributed by atoms with Crippen LogP contribution in [-0.4, -0.2) is 42.7 Å². The van der Waals surface area contributed by atoms with Crippen molar-refractivity contribution < 1.29 is 14.6 Å². The van der Waals surface area contributed by atoms with Crippen LogP contribution in [0.3, 0.4) is 0 Å². The fraction of sp³-hybridized carbons (Fsp3) is 0.500. The normalized spacial score (nSPS) is 12.1. The standard InChI is InChI=1S/C14H22N2O3/c1-4-10-5-6-13(19-3)11(7-10)8-16(2)14(18)12(15)9-17/h5-7,12,17H,4,8-9,15H2,1-3H3. The van der Waals surface area contributed by atoms with Crippen LogP contribution in [0.1, 0.15) is 18.1 Å². The lowest BCUT2D eigenvalue weighted by Gasteiger charge is -2.21. The summed E-state index contributed by atoms with van der Waals surface area (Å²) in [7, 11) is 3.27. The Labute approximate surface area is 114 Å². The molecule has 1 aromatic rings. The number of carbonyl (C=O) groups is 1. The molecule has 0 fully saturated rings. The van der Waals surface area contributed by atoms with Crippen molar-refractivity contribution in [3.8, 4) is 5.75 Å². The summed E-state index contributed by atoms with van der Waals surface area (Å²) in [5, 5.41) is 8.91. The molecule has 0 radical (unpaired) electrons. The number of hydrogen-bond acceptors (Lipinski definition) is 4. The van der Waals surface area contributed by atoms with Crippen molar-refractivity contribution in [2.75, 3.05) is 20.8 Å². The molecular weight excluding hydrogens is 244 g/mol. The van der Waals surface area contributed by atoms with E-state index in [1.54, 1.807) is 14.2 Å². The summed E-state index contributed by atoms with van der Waals surface area (Å²) >= 11 is 0. The van der Waals surface area contributed by atoms with Crippen LogP contribution < -0.4 is 10.5 Å². The second kappa shape index (κ2) is 7.11. The molecule has 1 aromatic carbocycles. The van der Waals surface area contributed by atoms with Gasteiger partial charge in [0.2, 0.25) is 5.91 Å². The summed E-state index contributed by atoms with van der Waals surface area (Å²) in [5.74, 6) is 0.459. The molecule has 0 bridgehead atoms. The van der Waals surface area contributed by atoms with Gasteiger partial charge in [-0.05, 0) is 18.1 Å². The van der Waals surface area contributed by atoms with Gasteiger partial charge in [0.15, 0.2) is 0 Å². The molecule has 1 amide bonds. The van der Waals surface area contributed by atoms with Crippen molar-refractivity contribution >= 4 is 5.91 Å². The number of ether oxygens (including phenoxy) is 1. The Morgan fingerprint density at radius 3 is 2.74 bits per heavy atom. The zero-order valence-corrected chi connectivity index (χ0v) is 11.7. The highest BCUT2D eigenvalue weighted by atomic mass is 16.5. The number of benzene rings is 1. The summed E-state index contributed by atoms with van der Waals surface area (Å²) in [6, 6.07) is 5.06. The smallest absolute Gasteiger partial charge is 0.241 e. The minimum atomic E-state index is -0.870. The fourth-order valence-corrected chi connectivity index (χ4v) is 1.87. The Morgan fingerprint density at radius 1 is 1.53 bits per heavy atom. The van der Waals surface area contributed by atoms with E-state index in [2.05, 4.69) is 6.92 Å². The van der Waals surface area contributed by atoms with Gasteiger partial charge >= 0.3 is 0 Å². The number of aryl methyl sites for hydroxylation is 1. The first kappa shape index (κ1) is 15.5. The topological polar surface area (TPSA) is 75.8 Å². The van der Waals surface area contributed by atoms with Crippen molar-refractivity contribution in [3.05, 3.63) is 29.3 Å². The van der Waals surface area contributed by atoms with Gasteiger partial charge in [-0.2, -0.15) is 0 Å². The molecule has 5 nitrogen and oxygen atoms in total. The number of aliphatic hydroxyl groups excluding tert-OH is 1. The molecule has 5 heteroatoms. The van der Waals surface area contributed by atoms with E-state index in [0.717, 1.165) is 17.7 Å². The molecule has 0 spiro atoms. The molecule has 1 rings (SSSR count). The molecule has 1 unspecified atom stereocenters. The Balaban J connectivity index is 2.88. The second-order valence-electron chi connectivity index (χ2n) is 4.48. The lowest BCUT2D eigenvalue weighted by atomic mass is 10.1. The van der Waals surface area contributed by atoms with Crippen LogP contribution in [0.15, 0.2) is 18.2 Å². The van der Waals surface area contributed by atoms with Crippen LogP contribution in [0.2, 0.25) is 0 Å². The highest BCUT2D eigenvalue weighted by Crippen LogP contribution is 2.21. The molecule has 0 aliphatic rings. The van der Waals surface area contributed by atoms with Crippen molar-refractivity contribution in [1.29, 1.82) is 0 Å². The minimum absolute atomic E-state index is 0.286. The van der Waals surface area contributed by atoms with E-state index in [-0.39, 0.29) is 12.5 Å². The molecule has 3 N–H and O–H groups in total. The van der Waals surface area contributed by atoms with E-state index in [9.17, 15) is 4.79 Å². The van der Waals surface area contributed by atoms with Gasteiger partial charge in [-0.1, -0.05) is 19.1 Å². The highest BCUT2D eigenvalue weighted by molar-refractivity contribution is 5.81. The van der Waals surface area contributed by atoms with Crippen LogP contribution in [0.25, 0.3) is 0 Å². The molecule has 106 valence electrons. The number of nitrogens with zero attached hydrogens (tertiary/aromatic N) is 1. The van der Waals surface area contributed by atoms with E-state index in [1.165, 1.54) is 10.5 Å². The Morgan fingerprint density at radius 2 is 2.21 bits per heavy atom. The number of hydrogen-bond donors (Lipinski definition) is 2. The SMILES string of the molecule is CCc1ccc(OC)c(CN(C)C(=O)C(N)CO)c1. The van der Waals surface area contributed by atoms with Gasteiger partial charge in [-0.15, -0.1) is 0 Å². The van der Waals surface area contributed by atoms with Crippen LogP contribution in [0.5, 0.6) is 5.75 Å². The lowest BCUT2D eigenvalue weighted by molar-refractivity contribution is -0.132. The van der Waals surface area contributed by atoms with E-state index in [0.29, 0.717) is 6.54 Å². The van der Waals surface area contributed by atoms with Crippen molar-refractivity contribution in [2.24, 2.45) is 5.73 Å². The number of aliphatic hydroxyl groups is 1. The first-order valence-electron chi connectivity index (χ1n) is 6.30. The Kier molecular flexibility index (Phi) is 5.79. The third-order valence-electron chi connectivity index (χ3n) is 3.05. The van der Waals surface area contributed by atoms with Crippen molar-refractivity contribution in [1.82, 2.24) is 4.90 Å². The predicted octanol–water partition coefficient (Wildman–Crippen LogP) is 0.536. The third kappa shape index (κ3) is 3.94. The fourth-order valence-electron chi connectivity index (χ4n) is 1.87. The van der Waals surface area contributed by atoms with Crippen LogP contribution in [0.4, 0.5) is 0 Å². The van der Waals surface area contributed by atoms with Crippen LogP contribution in [-0.2, 0) is 17.8 Å². The number of nitrogens with two attached hydrogens (primary N) is 1. The molecule has 0 aliphatic carbocycles. The van der Waals surface area contributed by atoms with E-state index in [4.69, 9.17) is 15.6 Å². The number of carbonyl (C=O) groups excluding carboxylic acids is 1. The van der Waals surface area contributed by atoms with E-state index in [1.807, 2.05) is 18.2 Å². The van der Waals surface area contributed by atoms with Gasteiger partial charge in [-0.25, -0.2) is 0 Å². The monoisotopic (exact) mass is 266 g/mol. The Hall–Kier alpha value is -1.59. The summed E-state index contributed by atoms with van der Waals surface area (Å²) in [6.07, 6.45) is 0.921. The van der Waals surface area contributed by atoms with Gasteiger partial charge in [0.25, 0.3) is 0 Å². The van der Waals surface area contributed by atoms with Crippen molar-refractivity contribution in [2.45, 2.75) is 25.9 Å². The molecule has 1 atom stereocenters. The molecule has 0 saturated carbocycles. The second-order valence-corrected chi connectivity index (χ2v) is 4.48. The minimum Gasteiger partial charge on any atom is -0.496 e. The molecule has 0 aliphatic heterocycles. The lowest BCUT2D eigenvalue weighted by Crippen LogP contribution is -2.43. The average molecular weight is 266 g/mol. The van der Waals surface area contributed by atoms with Gasteiger partial charge in [0.1, 0.15) is 11.8 Å². The molecule has 19 heavy (non-hydrogen) atoms. The largest absolute Gasteiger partial charge is 0.496 e. The van der Waals surface area contributed by atoms with Gasteiger partial charge in [-0.3, -0.25) is 4.79 Å². The molecule has 0 saturated heterocycles. The van der Waals surface area contributed by atoms with Crippen molar-refractivity contribution in [3.63, 3.8) is 0 Å². The van der Waals surface area contributed by atoms with Crippen LogP contribution >= 0.6 is 0 Å². The summed E-state index contributed by atoms with van der Waals surface area (Å²) in [5.41, 5.74) is 7.64. The zero-order chi connectivity index (χ0) is 14.4. The summed E-state index contributed by atoms with van der Waals surface area (Å²) in [6.45, 7) is 2.13. The first-order chi connectivity index (χ1) is 9.03. The van der Waals surface area contributed by atoms with Gasteiger partial charge < -0.3 is 20.5 Å². The van der Waals surface area contributed by atoms with Gasteiger partial charge in [0, 0.05) is 19.2 Å². The van der Waals surface area contributed by atoms with Crippen LogP contribution in [0, 0.1) is 0 Å².